The number of hydrogen-bond donors (Lipinski definition) is 0. The molecule has 1 heterocycles. The summed E-state index contributed by atoms with van der Waals surface area (Å²) in [5.74, 6) is 0.356. The van der Waals surface area contributed by atoms with Crippen LogP contribution in [0.25, 0.3) is 11.3 Å². The van der Waals surface area contributed by atoms with E-state index in [9.17, 15) is 9.18 Å². The summed E-state index contributed by atoms with van der Waals surface area (Å²) < 4.78 is 13.4. The number of nitrogens with zero attached hydrogens (tertiary/aromatic N) is 3. The van der Waals surface area contributed by atoms with Gasteiger partial charge < -0.3 is 4.90 Å². The maximum absolute atomic E-state index is 13.4. The molecule has 1 saturated carbocycles. The number of anilines is 1. The summed E-state index contributed by atoms with van der Waals surface area (Å²) in [6, 6.07) is 4.95. The van der Waals surface area contributed by atoms with Gasteiger partial charge in [-0.15, -0.1) is 0 Å². The zero-order valence-electron chi connectivity index (χ0n) is 13.3. The monoisotopic (exact) mass is 331 g/mol. The van der Waals surface area contributed by atoms with E-state index in [4.69, 9.17) is 0 Å². The molecule has 4 nitrogen and oxygen atoms in total. The summed E-state index contributed by atoms with van der Waals surface area (Å²) in [4.78, 5) is 22.9. The molecule has 0 atom stereocenters. The third-order valence-electron chi connectivity index (χ3n) is 4.08. The van der Waals surface area contributed by atoms with Crippen LogP contribution >= 0.6 is 11.8 Å². The summed E-state index contributed by atoms with van der Waals surface area (Å²) >= 11 is 1.43. The number of carbonyl (C=O) groups is 1. The van der Waals surface area contributed by atoms with Crippen molar-refractivity contribution in [2.24, 2.45) is 0 Å². The second-order valence-corrected chi connectivity index (χ2v) is 6.49. The lowest BCUT2D eigenvalue weighted by molar-refractivity contribution is 0.112. The van der Waals surface area contributed by atoms with E-state index < -0.39 is 0 Å². The van der Waals surface area contributed by atoms with Gasteiger partial charge in [0.2, 0.25) is 0 Å². The van der Waals surface area contributed by atoms with Crippen LogP contribution in [0.2, 0.25) is 0 Å². The molecule has 1 aliphatic carbocycles. The molecular weight excluding hydrogens is 313 g/mol. The summed E-state index contributed by atoms with van der Waals surface area (Å²) in [5.41, 5.74) is 2.54. The second kappa shape index (κ2) is 6.28. The molecule has 6 heteroatoms. The van der Waals surface area contributed by atoms with Gasteiger partial charge in [0, 0.05) is 18.7 Å². The molecule has 0 unspecified atom stereocenters. The largest absolute Gasteiger partial charge is 0.356 e. The fraction of sp³-hybridized carbons (Fsp3) is 0.353. The van der Waals surface area contributed by atoms with E-state index in [1.165, 1.54) is 23.9 Å². The molecule has 0 bridgehead atoms. The standard InChI is InChI=1S/C17H18FN3OS/c1-10-8-11(18)4-7-13(10)15-14(9-22)16(20-17(19-15)23-3)21(2)12-5-6-12/h4,7-9,12H,5-6H2,1-3H3. The Kier molecular flexibility index (Phi) is 4.35. The van der Waals surface area contributed by atoms with E-state index in [-0.39, 0.29) is 5.82 Å². The Morgan fingerprint density at radius 1 is 1.35 bits per heavy atom. The van der Waals surface area contributed by atoms with Crippen LogP contribution in [0.4, 0.5) is 10.2 Å². The molecule has 0 N–H and O–H groups in total. The number of aldehydes is 1. The number of aryl methyl sites for hydroxylation is 1. The van der Waals surface area contributed by atoms with Crippen molar-refractivity contribution in [1.82, 2.24) is 9.97 Å². The molecular formula is C17H18FN3OS. The molecule has 0 aliphatic heterocycles. The van der Waals surface area contributed by atoms with Crippen molar-refractivity contribution in [2.45, 2.75) is 31.0 Å². The van der Waals surface area contributed by atoms with E-state index in [1.807, 2.05) is 25.1 Å². The van der Waals surface area contributed by atoms with Crippen molar-refractivity contribution in [3.8, 4) is 11.3 Å². The van der Waals surface area contributed by atoms with Crippen molar-refractivity contribution in [2.75, 3.05) is 18.2 Å². The first kappa shape index (κ1) is 15.9. The van der Waals surface area contributed by atoms with E-state index in [2.05, 4.69) is 9.97 Å². The van der Waals surface area contributed by atoms with Crippen molar-refractivity contribution < 1.29 is 9.18 Å². The Labute approximate surface area is 139 Å². The van der Waals surface area contributed by atoms with Crippen molar-refractivity contribution in [1.29, 1.82) is 0 Å². The smallest absolute Gasteiger partial charge is 0.189 e. The third kappa shape index (κ3) is 3.08. The van der Waals surface area contributed by atoms with Crippen LogP contribution in [0.5, 0.6) is 0 Å². The SMILES string of the molecule is CSc1nc(-c2ccc(F)cc2C)c(C=O)c(N(C)C2CC2)n1. The number of carbonyl (C=O) groups excluding carboxylic acids is 1. The van der Waals surface area contributed by atoms with Crippen LogP contribution < -0.4 is 4.90 Å². The van der Waals surface area contributed by atoms with E-state index >= 15 is 0 Å². The van der Waals surface area contributed by atoms with Gasteiger partial charge in [-0.1, -0.05) is 11.8 Å². The molecule has 2 aromatic rings. The number of thioether (sulfide) groups is 1. The lowest BCUT2D eigenvalue weighted by Gasteiger charge is -2.21. The van der Waals surface area contributed by atoms with Crippen molar-refractivity contribution >= 4 is 23.9 Å². The van der Waals surface area contributed by atoms with Gasteiger partial charge in [-0.25, -0.2) is 14.4 Å². The first-order valence-corrected chi connectivity index (χ1v) is 8.68. The minimum atomic E-state index is -0.298. The van der Waals surface area contributed by atoms with Crippen LogP contribution in [0.1, 0.15) is 28.8 Å². The van der Waals surface area contributed by atoms with Crippen LogP contribution in [-0.4, -0.2) is 35.6 Å². The van der Waals surface area contributed by atoms with E-state index in [0.29, 0.717) is 28.3 Å². The zero-order chi connectivity index (χ0) is 16.6. The Bertz CT molecular complexity index is 762. The van der Waals surface area contributed by atoms with Gasteiger partial charge in [0.15, 0.2) is 11.4 Å². The molecule has 0 saturated heterocycles. The third-order valence-corrected chi connectivity index (χ3v) is 4.63. The van der Waals surface area contributed by atoms with Gasteiger partial charge in [0.05, 0.1) is 11.3 Å². The van der Waals surface area contributed by atoms with Gasteiger partial charge in [-0.2, -0.15) is 0 Å². The first-order valence-electron chi connectivity index (χ1n) is 7.45. The molecule has 23 heavy (non-hydrogen) atoms. The highest BCUT2D eigenvalue weighted by Crippen LogP contribution is 2.35. The molecule has 1 aliphatic rings. The Hall–Kier alpha value is -1.95. The fourth-order valence-corrected chi connectivity index (χ4v) is 3.00. The topological polar surface area (TPSA) is 46.1 Å². The predicted octanol–water partition coefficient (Wildman–Crippen LogP) is 3.72. The van der Waals surface area contributed by atoms with Crippen LogP contribution in [-0.2, 0) is 0 Å². The maximum Gasteiger partial charge on any atom is 0.189 e. The molecule has 1 aromatic carbocycles. The average Bonchev–Trinajstić information content (AvgIpc) is 3.37. The number of rotatable bonds is 5. The van der Waals surface area contributed by atoms with E-state index in [0.717, 1.165) is 30.3 Å². The molecule has 1 fully saturated rings. The van der Waals surface area contributed by atoms with Crippen LogP contribution in [0, 0.1) is 12.7 Å². The highest BCUT2D eigenvalue weighted by atomic mass is 32.2. The first-order chi connectivity index (χ1) is 11.0. The maximum atomic E-state index is 13.4. The van der Waals surface area contributed by atoms with Crippen LogP contribution in [0.15, 0.2) is 23.4 Å². The van der Waals surface area contributed by atoms with Crippen molar-refractivity contribution in [3.05, 3.63) is 35.1 Å². The average molecular weight is 331 g/mol. The van der Waals surface area contributed by atoms with Gasteiger partial charge in [-0.05, 0) is 49.8 Å². The highest BCUT2D eigenvalue weighted by molar-refractivity contribution is 7.98. The predicted molar refractivity (Wildman–Crippen MR) is 90.8 cm³/mol. The van der Waals surface area contributed by atoms with Gasteiger partial charge >= 0.3 is 0 Å². The minimum Gasteiger partial charge on any atom is -0.356 e. The van der Waals surface area contributed by atoms with E-state index in [1.54, 1.807) is 6.07 Å². The second-order valence-electron chi connectivity index (χ2n) is 5.72. The summed E-state index contributed by atoms with van der Waals surface area (Å²) in [7, 11) is 1.96. The lowest BCUT2D eigenvalue weighted by atomic mass is 10.0. The molecule has 0 amide bonds. The van der Waals surface area contributed by atoms with Gasteiger partial charge in [0.25, 0.3) is 0 Å². The molecule has 0 spiro atoms. The number of benzene rings is 1. The quantitative estimate of drug-likeness (QED) is 0.475. The number of aromatic nitrogens is 2. The highest BCUT2D eigenvalue weighted by Gasteiger charge is 2.30. The fourth-order valence-electron chi connectivity index (χ4n) is 2.64. The number of hydrogen-bond acceptors (Lipinski definition) is 5. The zero-order valence-corrected chi connectivity index (χ0v) is 14.2. The summed E-state index contributed by atoms with van der Waals surface area (Å²) in [6.07, 6.45) is 4.92. The molecule has 1 aromatic heterocycles. The summed E-state index contributed by atoms with van der Waals surface area (Å²) in [5, 5.41) is 0.608. The Morgan fingerprint density at radius 3 is 2.65 bits per heavy atom. The minimum absolute atomic E-state index is 0.298. The van der Waals surface area contributed by atoms with Crippen molar-refractivity contribution in [3.63, 3.8) is 0 Å². The van der Waals surface area contributed by atoms with Gasteiger partial charge in [0.1, 0.15) is 11.6 Å². The molecule has 0 radical (unpaired) electrons. The van der Waals surface area contributed by atoms with Gasteiger partial charge in [-0.3, -0.25) is 4.79 Å². The Morgan fingerprint density at radius 2 is 2.09 bits per heavy atom. The summed E-state index contributed by atoms with van der Waals surface area (Å²) in [6.45, 7) is 1.82. The Balaban J connectivity index is 2.21. The molecule has 120 valence electrons. The lowest BCUT2D eigenvalue weighted by Crippen LogP contribution is -2.23. The number of halogens is 1. The van der Waals surface area contributed by atoms with Crippen LogP contribution in [0.3, 0.4) is 0 Å². The molecule has 3 rings (SSSR count). The normalized spacial score (nSPS) is 13.9.